The first-order valence-electron chi connectivity index (χ1n) is 10.3. The van der Waals surface area contributed by atoms with E-state index in [1.165, 1.54) is 11.1 Å². The Morgan fingerprint density at radius 2 is 1.72 bits per heavy atom. The number of amides is 2. The lowest BCUT2D eigenvalue weighted by molar-refractivity contribution is 0.236. The van der Waals surface area contributed by atoms with Gasteiger partial charge in [-0.2, -0.15) is 4.31 Å². The van der Waals surface area contributed by atoms with Gasteiger partial charge in [-0.3, -0.25) is 0 Å². The van der Waals surface area contributed by atoms with E-state index in [-0.39, 0.29) is 12.1 Å². The third-order valence-electron chi connectivity index (χ3n) is 5.77. The molecule has 1 unspecified atom stereocenters. The lowest BCUT2D eigenvalue weighted by atomic mass is 10.1. The first kappa shape index (κ1) is 19.9. The van der Waals surface area contributed by atoms with Crippen molar-refractivity contribution in [2.24, 2.45) is 0 Å². The third kappa shape index (κ3) is 4.46. The molecule has 1 fully saturated rings. The highest BCUT2D eigenvalue weighted by Gasteiger charge is 2.26. The number of benzene rings is 2. The number of hydrogen-bond acceptors (Lipinski definition) is 3. The predicted octanol–water partition coefficient (Wildman–Crippen LogP) is 3.35. The molecule has 1 heterocycles. The van der Waals surface area contributed by atoms with E-state index in [1.54, 1.807) is 28.6 Å². The number of nitrogens with one attached hydrogen (secondary N) is 2. The maximum Gasteiger partial charge on any atom is 0.315 e. The van der Waals surface area contributed by atoms with Crippen LogP contribution < -0.4 is 10.6 Å². The number of fused-ring (bicyclic) bond motifs is 1. The highest BCUT2D eigenvalue weighted by molar-refractivity contribution is 7.89. The van der Waals surface area contributed by atoms with Crippen molar-refractivity contribution in [3.63, 3.8) is 0 Å². The van der Waals surface area contributed by atoms with Crippen LogP contribution in [0.15, 0.2) is 53.4 Å². The van der Waals surface area contributed by atoms with Crippen molar-refractivity contribution in [2.75, 3.05) is 13.1 Å². The Balaban J connectivity index is 1.32. The van der Waals surface area contributed by atoms with E-state index in [0.717, 1.165) is 37.7 Å². The van der Waals surface area contributed by atoms with Crippen LogP contribution in [0.5, 0.6) is 0 Å². The zero-order chi connectivity index (χ0) is 20.3. The van der Waals surface area contributed by atoms with Crippen molar-refractivity contribution in [2.45, 2.75) is 49.6 Å². The standard InChI is InChI=1S/C22H27N3O3S/c26-22(24-21-13-10-18-6-2-3-7-20(18)21)23-16-17-8-11-19(12-9-17)29(27,28)25-14-4-1-5-15-25/h2-3,6-9,11-12,21H,1,4-5,10,13-16H2,(H2,23,24,26). The SMILES string of the molecule is O=C(NCc1ccc(S(=O)(=O)N2CCCCC2)cc1)NC1CCc2ccccc21. The Bertz CT molecular complexity index is 967. The molecule has 154 valence electrons. The first-order chi connectivity index (χ1) is 14.0. The first-order valence-corrected chi connectivity index (χ1v) is 11.7. The molecule has 1 atom stereocenters. The van der Waals surface area contributed by atoms with E-state index >= 15 is 0 Å². The van der Waals surface area contributed by atoms with Crippen molar-refractivity contribution in [3.05, 3.63) is 65.2 Å². The van der Waals surface area contributed by atoms with Crippen molar-refractivity contribution >= 4 is 16.1 Å². The summed E-state index contributed by atoms with van der Waals surface area (Å²) < 4.78 is 27.0. The summed E-state index contributed by atoms with van der Waals surface area (Å²) in [5.41, 5.74) is 3.35. The fraction of sp³-hybridized carbons (Fsp3) is 0.409. The molecule has 2 amide bonds. The van der Waals surface area contributed by atoms with E-state index in [2.05, 4.69) is 22.8 Å². The number of nitrogens with zero attached hydrogens (tertiary/aromatic N) is 1. The van der Waals surface area contributed by atoms with Gasteiger partial charge in [0.25, 0.3) is 0 Å². The van der Waals surface area contributed by atoms with Gasteiger partial charge in [-0.1, -0.05) is 42.8 Å². The minimum atomic E-state index is -3.42. The maximum absolute atomic E-state index is 12.7. The summed E-state index contributed by atoms with van der Waals surface area (Å²) in [5, 5.41) is 5.90. The molecule has 0 bridgehead atoms. The second kappa shape index (κ2) is 8.55. The number of sulfonamides is 1. The van der Waals surface area contributed by atoms with Gasteiger partial charge in [0.1, 0.15) is 0 Å². The van der Waals surface area contributed by atoms with Gasteiger partial charge >= 0.3 is 6.03 Å². The van der Waals surface area contributed by atoms with Crippen LogP contribution >= 0.6 is 0 Å². The molecular weight excluding hydrogens is 386 g/mol. The zero-order valence-electron chi connectivity index (χ0n) is 16.4. The number of hydrogen-bond donors (Lipinski definition) is 2. The van der Waals surface area contributed by atoms with Crippen molar-refractivity contribution in [1.82, 2.24) is 14.9 Å². The quantitative estimate of drug-likeness (QED) is 0.789. The van der Waals surface area contributed by atoms with Crippen LogP contribution in [0.1, 0.15) is 48.4 Å². The Morgan fingerprint density at radius 1 is 1.00 bits per heavy atom. The van der Waals surface area contributed by atoms with Crippen molar-refractivity contribution < 1.29 is 13.2 Å². The summed E-state index contributed by atoms with van der Waals surface area (Å²) in [6, 6.07) is 14.8. The summed E-state index contributed by atoms with van der Waals surface area (Å²) in [6.45, 7) is 1.54. The minimum absolute atomic E-state index is 0.0447. The van der Waals surface area contributed by atoms with Gasteiger partial charge in [-0.25, -0.2) is 13.2 Å². The summed E-state index contributed by atoms with van der Waals surface area (Å²) in [7, 11) is -3.42. The second-order valence-electron chi connectivity index (χ2n) is 7.73. The molecule has 29 heavy (non-hydrogen) atoms. The topological polar surface area (TPSA) is 78.5 Å². The van der Waals surface area contributed by atoms with Crippen LogP contribution in [0.4, 0.5) is 4.79 Å². The van der Waals surface area contributed by atoms with Crippen LogP contribution in [0.25, 0.3) is 0 Å². The Hall–Kier alpha value is -2.38. The molecule has 2 aromatic carbocycles. The second-order valence-corrected chi connectivity index (χ2v) is 9.66. The summed E-state index contributed by atoms with van der Waals surface area (Å²) in [4.78, 5) is 12.6. The van der Waals surface area contributed by atoms with Crippen LogP contribution in [-0.2, 0) is 23.0 Å². The number of urea groups is 1. The van der Waals surface area contributed by atoms with Crippen LogP contribution in [-0.4, -0.2) is 31.8 Å². The van der Waals surface area contributed by atoms with Crippen LogP contribution in [0.2, 0.25) is 0 Å². The Morgan fingerprint density at radius 3 is 2.48 bits per heavy atom. The predicted molar refractivity (Wildman–Crippen MR) is 112 cm³/mol. The summed E-state index contributed by atoms with van der Waals surface area (Å²) in [6.07, 6.45) is 4.82. The highest BCUT2D eigenvalue weighted by atomic mass is 32.2. The van der Waals surface area contributed by atoms with E-state index in [0.29, 0.717) is 24.5 Å². The molecule has 0 radical (unpaired) electrons. The molecule has 0 saturated carbocycles. The van der Waals surface area contributed by atoms with Gasteiger partial charge in [-0.05, 0) is 54.5 Å². The molecule has 1 aliphatic carbocycles. The van der Waals surface area contributed by atoms with Crippen LogP contribution in [0.3, 0.4) is 0 Å². The number of carbonyl (C=O) groups is 1. The molecule has 7 heteroatoms. The monoisotopic (exact) mass is 413 g/mol. The highest BCUT2D eigenvalue weighted by Crippen LogP contribution is 2.30. The molecular formula is C22H27N3O3S. The largest absolute Gasteiger partial charge is 0.334 e. The normalized spacial score (nSPS) is 19.5. The summed E-state index contributed by atoms with van der Waals surface area (Å²) >= 11 is 0. The van der Waals surface area contributed by atoms with Crippen molar-refractivity contribution in [1.29, 1.82) is 0 Å². The fourth-order valence-corrected chi connectivity index (χ4v) is 5.65. The number of aryl methyl sites for hydroxylation is 1. The number of piperidine rings is 1. The Kier molecular flexibility index (Phi) is 5.87. The lowest BCUT2D eigenvalue weighted by Crippen LogP contribution is -2.37. The minimum Gasteiger partial charge on any atom is -0.334 e. The van der Waals surface area contributed by atoms with Gasteiger partial charge in [0.2, 0.25) is 10.0 Å². The van der Waals surface area contributed by atoms with E-state index < -0.39 is 10.0 Å². The molecule has 6 nitrogen and oxygen atoms in total. The average molecular weight is 414 g/mol. The zero-order valence-corrected chi connectivity index (χ0v) is 17.2. The Labute approximate surface area is 172 Å². The maximum atomic E-state index is 12.7. The van der Waals surface area contributed by atoms with Gasteiger partial charge in [0.05, 0.1) is 10.9 Å². The smallest absolute Gasteiger partial charge is 0.315 e. The van der Waals surface area contributed by atoms with Gasteiger partial charge < -0.3 is 10.6 Å². The van der Waals surface area contributed by atoms with Gasteiger partial charge in [-0.15, -0.1) is 0 Å². The molecule has 4 rings (SSSR count). The molecule has 2 N–H and O–H groups in total. The van der Waals surface area contributed by atoms with Gasteiger partial charge in [0, 0.05) is 19.6 Å². The molecule has 1 saturated heterocycles. The summed E-state index contributed by atoms with van der Waals surface area (Å²) in [5.74, 6) is 0. The fourth-order valence-electron chi connectivity index (χ4n) is 4.13. The molecule has 0 spiro atoms. The number of carbonyl (C=O) groups excluding carboxylic acids is 1. The number of rotatable bonds is 5. The molecule has 2 aliphatic rings. The molecule has 0 aromatic heterocycles. The average Bonchev–Trinajstić information content (AvgIpc) is 3.16. The van der Waals surface area contributed by atoms with Gasteiger partial charge in [0.15, 0.2) is 0 Å². The van der Waals surface area contributed by atoms with E-state index in [9.17, 15) is 13.2 Å². The lowest BCUT2D eigenvalue weighted by Gasteiger charge is -2.25. The van der Waals surface area contributed by atoms with E-state index in [4.69, 9.17) is 0 Å². The third-order valence-corrected chi connectivity index (χ3v) is 7.68. The van der Waals surface area contributed by atoms with E-state index in [1.807, 2.05) is 12.1 Å². The van der Waals surface area contributed by atoms with Crippen LogP contribution in [0, 0.1) is 0 Å². The molecule has 2 aromatic rings. The van der Waals surface area contributed by atoms with Crippen molar-refractivity contribution in [3.8, 4) is 0 Å². The molecule has 1 aliphatic heterocycles.